The normalized spacial score (nSPS) is 12.2. The van der Waals surface area contributed by atoms with Gasteiger partial charge in [-0.2, -0.15) is 13.2 Å². The molecular formula is C18H18F4N2O. The van der Waals surface area contributed by atoms with Gasteiger partial charge in [-0.15, -0.1) is 0 Å². The van der Waals surface area contributed by atoms with Gasteiger partial charge < -0.3 is 5.32 Å². The van der Waals surface area contributed by atoms with Gasteiger partial charge in [0.15, 0.2) is 0 Å². The van der Waals surface area contributed by atoms with Crippen LogP contribution in [0.5, 0.6) is 0 Å². The highest BCUT2D eigenvalue weighted by Crippen LogP contribution is 2.31. The highest BCUT2D eigenvalue weighted by atomic mass is 19.4. The van der Waals surface area contributed by atoms with Gasteiger partial charge in [-0.1, -0.05) is 20.8 Å². The summed E-state index contributed by atoms with van der Waals surface area (Å²) in [7, 11) is 0. The molecule has 1 aromatic heterocycles. The molecule has 2 rings (SSSR count). The molecule has 1 aromatic carbocycles. The molecule has 0 fully saturated rings. The van der Waals surface area contributed by atoms with E-state index in [4.69, 9.17) is 0 Å². The van der Waals surface area contributed by atoms with Gasteiger partial charge in [-0.25, -0.2) is 9.37 Å². The minimum Gasteiger partial charge on any atom is -0.306 e. The Labute approximate surface area is 143 Å². The summed E-state index contributed by atoms with van der Waals surface area (Å²) in [6.45, 7) is 7.50. The number of pyridine rings is 1. The Bertz CT molecular complexity index is 808. The number of carbonyl (C=O) groups is 1. The molecule has 1 amide bonds. The summed E-state index contributed by atoms with van der Waals surface area (Å²) in [5, 5.41) is 2.22. The van der Waals surface area contributed by atoms with Crippen LogP contribution in [-0.2, 0) is 11.6 Å². The fourth-order valence-corrected chi connectivity index (χ4v) is 2.51. The molecule has 3 nitrogen and oxygen atoms in total. The second-order valence-electron chi connectivity index (χ2n) is 6.78. The largest absolute Gasteiger partial charge is 0.416 e. The molecule has 0 spiro atoms. The standard InChI is InChI=1S/C18H18F4N2O/c1-10-7-14(19)12(9-13(10)17(2,3)4)16(25)24-15-8-11(5-6-23-15)18(20,21)22/h5-9H,1-4H3,(H,23,24,25). The molecule has 134 valence electrons. The molecule has 25 heavy (non-hydrogen) atoms. The Balaban J connectivity index is 2.36. The zero-order valence-electron chi connectivity index (χ0n) is 14.3. The molecule has 0 bridgehead atoms. The van der Waals surface area contributed by atoms with E-state index in [0.29, 0.717) is 11.6 Å². The zero-order chi connectivity index (χ0) is 19.0. The molecule has 1 heterocycles. The summed E-state index contributed by atoms with van der Waals surface area (Å²) in [6, 6.07) is 4.16. The number of alkyl halides is 3. The molecule has 0 unspecified atom stereocenters. The zero-order valence-corrected chi connectivity index (χ0v) is 14.3. The molecule has 7 heteroatoms. The number of halogens is 4. The third kappa shape index (κ3) is 4.35. The third-order valence-electron chi connectivity index (χ3n) is 3.70. The van der Waals surface area contributed by atoms with Crippen molar-refractivity contribution in [3.63, 3.8) is 0 Å². The summed E-state index contributed by atoms with van der Waals surface area (Å²) < 4.78 is 52.3. The van der Waals surface area contributed by atoms with E-state index < -0.39 is 23.5 Å². The lowest BCUT2D eigenvalue weighted by molar-refractivity contribution is -0.137. The van der Waals surface area contributed by atoms with Crippen LogP contribution in [0.2, 0.25) is 0 Å². The number of aromatic nitrogens is 1. The first-order chi connectivity index (χ1) is 11.4. The van der Waals surface area contributed by atoms with Gasteiger partial charge in [0.25, 0.3) is 5.91 Å². The molecule has 0 saturated carbocycles. The van der Waals surface area contributed by atoms with Crippen molar-refractivity contribution in [1.82, 2.24) is 4.98 Å². The summed E-state index contributed by atoms with van der Waals surface area (Å²) in [4.78, 5) is 16.0. The highest BCUT2D eigenvalue weighted by molar-refractivity contribution is 6.04. The number of aryl methyl sites for hydroxylation is 1. The smallest absolute Gasteiger partial charge is 0.306 e. The van der Waals surface area contributed by atoms with Gasteiger partial charge in [0, 0.05) is 6.20 Å². The third-order valence-corrected chi connectivity index (χ3v) is 3.70. The molecule has 0 aliphatic heterocycles. The number of benzene rings is 1. The van der Waals surface area contributed by atoms with Gasteiger partial charge in [-0.3, -0.25) is 4.79 Å². The van der Waals surface area contributed by atoms with Crippen LogP contribution in [0.4, 0.5) is 23.4 Å². The Morgan fingerprint density at radius 3 is 2.32 bits per heavy atom. The van der Waals surface area contributed by atoms with Crippen LogP contribution < -0.4 is 5.32 Å². The number of nitrogens with zero attached hydrogens (tertiary/aromatic N) is 1. The fraction of sp³-hybridized carbons (Fsp3) is 0.333. The van der Waals surface area contributed by atoms with Gasteiger partial charge in [0.2, 0.25) is 0 Å². The second kappa shape index (κ2) is 6.46. The van der Waals surface area contributed by atoms with E-state index in [1.807, 2.05) is 20.8 Å². The topological polar surface area (TPSA) is 42.0 Å². The molecule has 0 aliphatic carbocycles. The van der Waals surface area contributed by atoms with Crippen molar-refractivity contribution in [2.24, 2.45) is 0 Å². The highest BCUT2D eigenvalue weighted by Gasteiger charge is 2.31. The van der Waals surface area contributed by atoms with Crippen molar-refractivity contribution in [1.29, 1.82) is 0 Å². The van der Waals surface area contributed by atoms with Crippen LogP contribution in [0.1, 0.15) is 47.8 Å². The molecule has 0 aliphatic rings. The van der Waals surface area contributed by atoms with E-state index in [0.717, 1.165) is 17.8 Å². The molecular weight excluding hydrogens is 336 g/mol. The van der Waals surface area contributed by atoms with Crippen LogP contribution in [0.15, 0.2) is 30.5 Å². The van der Waals surface area contributed by atoms with Crippen molar-refractivity contribution in [2.45, 2.75) is 39.3 Å². The number of hydrogen-bond donors (Lipinski definition) is 1. The lowest BCUT2D eigenvalue weighted by atomic mass is 9.83. The number of carbonyl (C=O) groups excluding carboxylic acids is 1. The lowest BCUT2D eigenvalue weighted by Gasteiger charge is -2.22. The number of rotatable bonds is 2. The average Bonchev–Trinajstić information content (AvgIpc) is 2.45. The summed E-state index contributed by atoms with van der Waals surface area (Å²) >= 11 is 0. The van der Waals surface area contributed by atoms with Gasteiger partial charge in [0.1, 0.15) is 11.6 Å². The number of anilines is 1. The van der Waals surface area contributed by atoms with Crippen LogP contribution in [0.25, 0.3) is 0 Å². The Hall–Kier alpha value is -2.44. The quantitative estimate of drug-likeness (QED) is 0.763. The van der Waals surface area contributed by atoms with Gasteiger partial charge in [0.05, 0.1) is 11.1 Å². The number of hydrogen-bond acceptors (Lipinski definition) is 2. The maximum Gasteiger partial charge on any atom is 0.416 e. The maximum absolute atomic E-state index is 14.2. The minimum atomic E-state index is -4.56. The van der Waals surface area contributed by atoms with Crippen molar-refractivity contribution < 1.29 is 22.4 Å². The Morgan fingerprint density at radius 2 is 1.76 bits per heavy atom. The van der Waals surface area contributed by atoms with Crippen molar-refractivity contribution in [3.8, 4) is 0 Å². The Morgan fingerprint density at radius 1 is 1.12 bits per heavy atom. The minimum absolute atomic E-state index is 0.241. The van der Waals surface area contributed by atoms with Crippen molar-refractivity contribution in [2.75, 3.05) is 5.32 Å². The van der Waals surface area contributed by atoms with E-state index in [1.165, 1.54) is 12.1 Å². The lowest BCUT2D eigenvalue weighted by Crippen LogP contribution is -2.19. The first-order valence-electron chi connectivity index (χ1n) is 7.55. The summed E-state index contributed by atoms with van der Waals surface area (Å²) in [6.07, 6.45) is -3.62. The van der Waals surface area contributed by atoms with Crippen LogP contribution in [0.3, 0.4) is 0 Å². The van der Waals surface area contributed by atoms with E-state index in [-0.39, 0.29) is 16.8 Å². The van der Waals surface area contributed by atoms with Crippen LogP contribution in [0, 0.1) is 12.7 Å². The number of amides is 1. The molecule has 1 N–H and O–H groups in total. The Kier molecular flexibility index (Phi) is 4.88. The second-order valence-corrected chi connectivity index (χ2v) is 6.78. The summed E-state index contributed by atoms with van der Waals surface area (Å²) in [5.41, 5.74) is -0.0385. The fourth-order valence-electron chi connectivity index (χ4n) is 2.51. The number of nitrogens with one attached hydrogen (secondary N) is 1. The monoisotopic (exact) mass is 354 g/mol. The van der Waals surface area contributed by atoms with Crippen molar-refractivity contribution in [3.05, 3.63) is 58.5 Å². The van der Waals surface area contributed by atoms with Crippen LogP contribution >= 0.6 is 0 Å². The van der Waals surface area contributed by atoms with Gasteiger partial charge in [-0.05, 0) is 47.7 Å². The van der Waals surface area contributed by atoms with E-state index in [9.17, 15) is 22.4 Å². The predicted molar refractivity (Wildman–Crippen MR) is 87.0 cm³/mol. The van der Waals surface area contributed by atoms with Crippen LogP contribution in [-0.4, -0.2) is 10.9 Å². The van der Waals surface area contributed by atoms with E-state index in [1.54, 1.807) is 6.92 Å². The maximum atomic E-state index is 14.2. The van der Waals surface area contributed by atoms with Gasteiger partial charge >= 0.3 is 6.18 Å². The first kappa shape index (κ1) is 18.9. The summed E-state index contributed by atoms with van der Waals surface area (Å²) in [5.74, 6) is -1.89. The molecule has 0 saturated heterocycles. The SMILES string of the molecule is Cc1cc(F)c(C(=O)Nc2cc(C(F)(F)F)ccn2)cc1C(C)(C)C. The first-order valence-corrected chi connectivity index (χ1v) is 7.55. The molecule has 2 aromatic rings. The average molecular weight is 354 g/mol. The molecule has 0 atom stereocenters. The predicted octanol–water partition coefficient (Wildman–Crippen LogP) is 5.10. The molecule has 0 radical (unpaired) electrons. The van der Waals surface area contributed by atoms with E-state index in [2.05, 4.69) is 10.3 Å². The van der Waals surface area contributed by atoms with E-state index >= 15 is 0 Å². The van der Waals surface area contributed by atoms with Crippen molar-refractivity contribution >= 4 is 11.7 Å².